The lowest BCUT2D eigenvalue weighted by Crippen LogP contribution is -2.34. The fourth-order valence-corrected chi connectivity index (χ4v) is 2.22. The maximum absolute atomic E-state index is 11.7. The van der Waals surface area contributed by atoms with Gasteiger partial charge in [-0.1, -0.05) is 0 Å². The first-order chi connectivity index (χ1) is 7.72. The van der Waals surface area contributed by atoms with Crippen LogP contribution in [-0.4, -0.2) is 30.3 Å². The summed E-state index contributed by atoms with van der Waals surface area (Å²) in [7, 11) is 0. The minimum atomic E-state index is -0.0836. The van der Waals surface area contributed by atoms with Gasteiger partial charge in [0.15, 0.2) is 0 Å². The van der Waals surface area contributed by atoms with E-state index in [9.17, 15) is 4.79 Å². The van der Waals surface area contributed by atoms with Crippen molar-refractivity contribution in [1.29, 1.82) is 0 Å². The van der Waals surface area contributed by atoms with Gasteiger partial charge in [0.05, 0.1) is 6.04 Å². The van der Waals surface area contributed by atoms with Crippen LogP contribution in [0.1, 0.15) is 6.42 Å². The molecule has 5 heteroatoms. The van der Waals surface area contributed by atoms with E-state index in [1.54, 1.807) is 4.90 Å². The van der Waals surface area contributed by atoms with E-state index in [-0.39, 0.29) is 18.7 Å². The minimum absolute atomic E-state index is 0.0533. The van der Waals surface area contributed by atoms with Crippen LogP contribution in [0.2, 0.25) is 0 Å². The monoisotopic (exact) mass is 332 g/mol. The lowest BCUT2D eigenvalue weighted by molar-refractivity contribution is 0.250. The second-order valence-corrected chi connectivity index (χ2v) is 4.94. The van der Waals surface area contributed by atoms with Gasteiger partial charge in [0.1, 0.15) is 0 Å². The zero-order valence-electron chi connectivity index (χ0n) is 8.69. The molecule has 0 radical (unpaired) electrons. The van der Waals surface area contributed by atoms with Crippen molar-refractivity contribution < 1.29 is 9.90 Å². The van der Waals surface area contributed by atoms with Crippen LogP contribution in [0, 0.1) is 3.57 Å². The van der Waals surface area contributed by atoms with E-state index in [0.717, 1.165) is 9.26 Å². The third-order valence-corrected chi connectivity index (χ3v) is 3.36. The van der Waals surface area contributed by atoms with Gasteiger partial charge in [-0.15, -0.1) is 0 Å². The van der Waals surface area contributed by atoms with Gasteiger partial charge in [-0.2, -0.15) is 0 Å². The molecule has 0 aliphatic carbocycles. The highest BCUT2D eigenvalue weighted by Gasteiger charge is 2.31. The molecule has 0 spiro atoms. The van der Waals surface area contributed by atoms with Gasteiger partial charge in [0, 0.05) is 22.4 Å². The van der Waals surface area contributed by atoms with E-state index in [1.165, 1.54) is 0 Å². The average molecular weight is 332 g/mol. The Morgan fingerprint density at radius 2 is 2.12 bits per heavy atom. The summed E-state index contributed by atoms with van der Waals surface area (Å²) in [5.74, 6) is 0. The molecule has 1 heterocycles. The molecule has 2 rings (SSSR count). The molecule has 1 unspecified atom stereocenters. The quantitative estimate of drug-likeness (QED) is 0.826. The SMILES string of the molecule is O=C1NCC(CCO)N1c1ccc(I)cc1. The van der Waals surface area contributed by atoms with Crippen molar-refractivity contribution in [2.24, 2.45) is 0 Å². The number of carbonyl (C=O) groups is 1. The molecule has 1 fully saturated rings. The number of nitrogens with one attached hydrogen (secondary N) is 1. The highest BCUT2D eigenvalue weighted by Crippen LogP contribution is 2.22. The molecular formula is C11H13IN2O2. The van der Waals surface area contributed by atoms with E-state index in [0.29, 0.717) is 13.0 Å². The van der Waals surface area contributed by atoms with Gasteiger partial charge in [0.2, 0.25) is 0 Å². The van der Waals surface area contributed by atoms with Crippen LogP contribution in [0.4, 0.5) is 10.5 Å². The Hall–Kier alpha value is -0.820. The topological polar surface area (TPSA) is 52.6 Å². The number of aliphatic hydroxyl groups excluding tert-OH is 1. The fraction of sp³-hybridized carbons (Fsp3) is 0.364. The van der Waals surface area contributed by atoms with Crippen LogP contribution in [0.15, 0.2) is 24.3 Å². The first-order valence-corrected chi connectivity index (χ1v) is 6.23. The summed E-state index contributed by atoms with van der Waals surface area (Å²) in [6, 6.07) is 7.76. The van der Waals surface area contributed by atoms with Crippen LogP contribution >= 0.6 is 22.6 Å². The standard InChI is InChI=1S/C11H13IN2O2/c12-8-1-3-9(4-2-8)14-10(5-6-15)7-13-11(14)16/h1-4,10,15H,5-7H2,(H,13,16). The Bertz CT molecular complexity index is 380. The van der Waals surface area contributed by atoms with Gasteiger partial charge < -0.3 is 10.4 Å². The molecule has 2 amide bonds. The Labute approximate surface area is 108 Å². The molecule has 86 valence electrons. The summed E-state index contributed by atoms with van der Waals surface area (Å²) in [5.41, 5.74) is 0.883. The predicted octanol–water partition coefficient (Wildman–Crippen LogP) is 1.57. The van der Waals surface area contributed by atoms with E-state index in [1.807, 2.05) is 24.3 Å². The van der Waals surface area contributed by atoms with Crippen LogP contribution < -0.4 is 10.2 Å². The highest BCUT2D eigenvalue weighted by atomic mass is 127. The molecule has 1 atom stereocenters. The predicted molar refractivity (Wildman–Crippen MR) is 70.5 cm³/mol. The molecule has 2 N–H and O–H groups in total. The summed E-state index contributed by atoms with van der Waals surface area (Å²) >= 11 is 2.23. The molecule has 1 aliphatic rings. The Morgan fingerprint density at radius 3 is 2.75 bits per heavy atom. The summed E-state index contributed by atoms with van der Waals surface area (Å²) in [6.45, 7) is 0.700. The molecule has 1 aliphatic heterocycles. The molecule has 1 aromatic carbocycles. The molecule has 1 aromatic rings. The zero-order valence-corrected chi connectivity index (χ0v) is 10.8. The number of rotatable bonds is 3. The van der Waals surface area contributed by atoms with Crippen LogP contribution in [-0.2, 0) is 0 Å². The van der Waals surface area contributed by atoms with Gasteiger partial charge >= 0.3 is 6.03 Å². The van der Waals surface area contributed by atoms with Gasteiger partial charge in [-0.05, 0) is 53.3 Å². The van der Waals surface area contributed by atoms with Gasteiger partial charge in [0.25, 0.3) is 0 Å². The van der Waals surface area contributed by atoms with E-state index < -0.39 is 0 Å². The van der Waals surface area contributed by atoms with E-state index >= 15 is 0 Å². The third-order valence-electron chi connectivity index (χ3n) is 2.64. The van der Waals surface area contributed by atoms with E-state index in [2.05, 4.69) is 27.9 Å². The van der Waals surface area contributed by atoms with Crippen molar-refractivity contribution >= 4 is 34.3 Å². The van der Waals surface area contributed by atoms with Crippen LogP contribution in [0.25, 0.3) is 0 Å². The van der Waals surface area contributed by atoms with Crippen molar-refractivity contribution in [1.82, 2.24) is 5.32 Å². The van der Waals surface area contributed by atoms with Crippen molar-refractivity contribution in [3.05, 3.63) is 27.8 Å². The number of anilines is 1. The zero-order chi connectivity index (χ0) is 11.5. The Kier molecular flexibility index (Phi) is 3.65. The van der Waals surface area contributed by atoms with Crippen LogP contribution in [0.3, 0.4) is 0 Å². The Morgan fingerprint density at radius 1 is 1.44 bits per heavy atom. The maximum atomic E-state index is 11.7. The number of aliphatic hydroxyl groups is 1. The Balaban J connectivity index is 2.22. The number of amides is 2. The molecule has 4 nitrogen and oxygen atoms in total. The number of hydrogen-bond acceptors (Lipinski definition) is 2. The summed E-state index contributed by atoms with van der Waals surface area (Å²) in [6.07, 6.45) is 0.602. The lowest BCUT2D eigenvalue weighted by atomic mass is 10.2. The van der Waals surface area contributed by atoms with Crippen molar-refractivity contribution in [3.8, 4) is 0 Å². The highest BCUT2D eigenvalue weighted by molar-refractivity contribution is 14.1. The van der Waals surface area contributed by atoms with Crippen molar-refractivity contribution in [2.45, 2.75) is 12.5 Å². The summed E-state index contributed by atoms with van der Waals surface area (Å²) in [4.78, 5) is 13.4. The molecule has 16 heavy (non-hydrogen) atoms. The molecule has 0 bridgehead atoms. The first-order valence-electron chi connectivity index (χ1n) is 5.16. The normalized spacial score (nSPS) is 20.0. The largest absolute Gasteiger partial charge is 0.396 e. The molecular weight excluding hydrogens is 319 g/mol. The van der Waals surface area contributed by atoms with Crippen molar-refractivity contribution in [3.63, 3.8) is 0 Å². The molecule has 0 aromatic heterocycles. The van der Waals surface area contributed by atoms with Gasteiger partial charge in [-0.25, -0.2) is 4.79 Å². The average Bonchev–Trinajstić information content (AvgIpc) is 2.62. The number of nitrogens with zero attached hydrogens (tertiary/aromatic N) is 1. The second-order valence-electron chi connectivity index (χ2n) is 3.70. The number of carbonyl (C=O) groups excluding carboxylic acids is 1. The maximum Gasteiger partial charge on any atom is 0.322 e. The lowest BCUT2D eigenvalue weighted by Gasteiger charge is -2.22. The fourth-order valence-electron chi connectivity index (χ4n) is 1.86. The smallest absolute Gasteiger partial charge is 0.322 e. The number of hydrogen-bond donors (Lipinski definition) is 2. The molecule has 0 saturated carbocycles. The van der Waals surface area contributed by atoms with E-state index in [4.69, 9.17) is 5.11 Å². The first kappa shape index (κ1) is 11.7. The van der Waals surface area contributed by atoms with Gasteiger partial charge in [-0.3, -0.25) is 4.90 Å². The second kappa shape index (κ2) is 5.01. The summed E-state index contributed by atoms with van der Waals surface area (Å²) in [5, 5.41) is 11.7. The number of urea groups is 1. The van der Waals surface area contributed by atoms with Crippen molar-refractivity contribution in [2.75, 3.05) is 18.1 Å². The van der Waals surface area contributed by atoms with Crippen LogP contribution in [0.5, 0.6) is 0 Å². The number of benzene rings is 1. The number of halogens is 1. The minimum Gasteiger partial charge on any atom is -0.396 e. The summed E-state index contributed by atoms with van der Waals surface area (Å²) < 4.78 is 1.14. The third kappa shape index (κ3) is 2.30. The molecule has 1 saturated heterocycles.